The zero-order chi connectivity index (χ0) is 21.3. The minimum absolute atomic E-state index is 0.0729. The summed E-state index contributed by atoms with van der Waals surface area (Å²) in [5.74, 6) is -0.808. The minimum atomic E-state index is -1.27. The van der Waals surface area contributed by atoms with Crippen LogP contribution in [0.3, 0.4) is 0 Å². The molecule has 1 aromatic carbocycles. The van der Waals surface area contributed by atoms with Gasteiger partial charge in [-0.3, -0.25) is 14.4 Å². The van der Waals surface area contributed by atoms with Gasteiger partial charge in [0.15, 0.2) is 12.3 Å². The Hall–Kier alpha value is -2.61. The van der Waals surface area contributed by atoms with Crippen molar-refractivity contribution in [1.82, 2.24) is 14.9 Å². The molecule has 8 heteroatoms. The van der Waals surface area contributed by atoms with Gasteiger partial charge >= 0.3 is 6.09 Å². The molecule has 2 heterocycles. The number of hydrogen-bond acceptors (Lipinski definition) is 4. The van der Waals surface area contributed by atoms with Crippen molar-refractivity contribution in [2.24, 2.45) is 11.8 Å². The van der Waals surface area contributed by atoms with Gasteiger partial charge in [-0.15, -0.1) is 0 Å². The molecule has 3 amide bonds. The Morgan fingerprint density at radius 2 is 1.83 bits per heavy atom. The lowest BCUT2D eigenvalue weighted by Gasteiger charge is -2.53. The van der Waals surface area contributed by atoms with E-state index in [0.29, 0.717) is 13.0 Å². The van der Waals surface area contributed by atoms with Crippen molar-refractivity contribution in [2.45, 2.75) is 59.0 Å². The predicted molar refractivity (Wildman–Crippen MR) is 105 cm³/mol. The van der Waals surface area contributed by atoms with E-state index in [0.717, 1.165) is 10.6 Å². The lowest BCUT2D eigenvalue weighted by molar-refractivity contribution is -0.273. The molecule has 0 radical (unpaired) electrons. The number of carbonyl (C=O) groups is 3. The molecule has 2 fully saturated rings. The highest BCUT2D eigenvalue weighted by Crippen LogP contribution is 2.33. The van der Waals surface area contributed by atoms with E-state index < -0.39 is 24.4 Å². The number of carboxylic acid groups (broad SMARTS) is 1. The molecule has 0 aromatic heterocycles. The van der Waals surface area contributed by atoms with Crippen molar-refractivity contribution < 1.29 is 24.3 Å². The Morgan fingerprint density at radius 3 is 2.38 bits per heavy atom. The molecule has 3 rings (SSSR count). The number of fused-ring (bicyclic) bond motifs is 1. The van der Waals surface area contributed by atoms with Gasteiger partial charge in [-0.05, 0) is 17.4 Å². The average molecular weight is 403 g/mol. The first-order valence-electron chi connectivity index (χ1n) is 10.1. The molecule has 0 spiro atoms. The monoisotopic (exact) mass is 403 g/mol. The first-order chi connectivity index (χ1) is 13.8. The highest BCUT2D eigenvalue weighted by molar-refractivity contribution is 5.92. The van der Waals surface area contributed by atoms with E-state index in [1.165, 1.54) is 4.90 Å². The Kier molecular flexibility index (Phi) is 6.12. The van der Waals surface area contributed by atoms with Gasteiger partial charge < -0.3 is 14.9 Å². The summed E-state index contributed by atoms with van der Waals surface area (Å²) in [6.45, 7) is 7.91. The normalized spacial score (nSPS) is 26.0. The van der Waals surface area contributed by atoms with Gasteiger partial charge in [0.2, 0.25) is 5.91 Å². The molecule has 0 bridgehead atoms. The Bertz CT molecular complexity index is 769. The highest BCUT2D eigenvalue weighted by atomic mass is 16.7. The van der Waals surface area contributed by atoms with Crippen LogP contribution in [-0.4, -0.2) is 62.7 Å². The van der Waals surface area contributed by atoms with Crippen LogP contribution in [0, 0.1) is 11.8 Å². The fourth-order valence-corrected chi connectivity index (χ4v) is 3.99. The lowest BCUT2D eigenvalue weighted by Crippen LogP contribution is -2.74. The highest BCUT2D eigenvalue weighted by Gasteiger charge is 2.54. The molecule has 8 nitrogen and oxygen atoms in total. The van der Waals surface area contributed by atoms with E-state index in [4.69, 9.17) is 4.84 Å². The van der Waals surface area contributed by atoms with Gasteiger partial charge in [0.25, 0.3) is 5.91 Å². The number of hydroxylamine groups is 2. The van der Waals surface area contributed by atoms with Crippen LogP contribution in [0.5, 0.6) is 0 Å². The predicted octanol–water partition coefficient (Wildman–Crippen LogP) is 2.55. The molecule has 0 unspecified atom stereocenters. The summed E-state index contributed by atoms with van der Waals surface area (Å²) in [7, 11) is 0. The molecule has 4 atom stereocenters. The van der Waals surface area contributed by atoms with Crippen molar-refractivity contribution in [1.29, 1.82) is 0 Å². The topological polar surface area (TPSA) is 90.4 Å². The molecule has 1 N–H and O–H groups in total. The SMILES string of the molecule is CC[C@H](C)[C@H]1C(=O)N(Cc2ccccc2)C[C@@H]2N(C(=O)O)O[C@H](C(C)C)C(=O)N12. The molecule has 158 valence electrons. The quantitative estimate of drug-likeness (QED) is 0.816. The van der Waals surface area contributed by atoms with E-state index in [-0.39, 0.29) is 30.2 Å². The molecule has 2 saturated heterocycles. The largest absolute Gasteiger partial charge is 0.463 e. The van der Waals surface area contributed by atoms with Crippen LogP contribution >= 0.6 is 0 Å². The molecule has 0 saturated carbocycles. The Balaban J connectivity index is 2.00. The summed E-state index contributed by atoms with van der Waals surface area (Å²) in [4.78, 5) is 47.3. The van der Waals surface area contributed by atoms with E-state index in [1.807, 2.05) is 44.2 Å². The summed E-state index contributed by atoms with van der Waals surface area (Å²) < 4.78 is 0. The van der Waals surface area contributed by atoms with E-state index in [1.54, 1.807) is 18.7 Å². The van der Waals surface area contributed by atoms with Crippen molar-refractivity contribution >= 4 is 17.9 Å². The Morgan fingerprint density at radius 1 is 1.17 bits per heavy atom. The van der Waals surface area contributed by atoms with Crippen LogP contribution in [-0.2, 0) is 21.0 Å². The number of hydrogen-bond donors (Lipinski definition) is 1. The van der Waals surface area contributed by atoms with Gasteiger partial charge in [-0.25, -0.2) is 4.79 Å². The Labute approximate surface area is 171 Å². The number of benzene rings is 1. The maximum absolute atomic E-state index is 13.4. The molecular weight excluding hydrogens is 374 g/mol. The van der Waals surface area contributed by atoms with Crippen LogP contribution in [0.25, 0.3) is 0 Å². The van der Waals surface area contributed by atoms with Gasteiger partial charge in [0.05, 0.1) is 6.54 Å². The smallest absolute Gasteiger partial charge is 0.433 e. The second-order valence-electron chi connectivity index (χ2n) is 8.14. The fourth-order valence-electron chi connectivity index (χ4n) is 3.99. The third-order valence-corrected chi connectivity index (χ3v) is 5.76. The first-order valence-corrected chi connectivity index (χ1v) is 10.1. The molecule has 29 heavy (non-hydrogen) atoms. The molecule has 1 aromatic rings. The van der Waals surface area contributed by atoms with Gasteiger partial charge in [-0.1, -0.05) is 64.4 Å². The summed E-state index contributed by atoms with van der Waals surface area (Å²) in [6, 6.07) is 8.81. The molecular formula is C21H29N3O5. The van der Waals surface area contributed by atoms with Crippen LogP contribution in [0.1, 0.15) is 39.7 Å². The third kappa shape index (κ3) is 3.94. The maximum Gasteiger partial charge on any atom is 0.433 e. The average Bonchev–Trinajstić information content (AvgIpc) is 2.69. The van der Waals surface area contributed by atoms with Crippen LogP contribution in [0.2, 0.25) is 0 Å². The van der Waals surface area contributed by atoms with E-state index in [2.05, 4.69) is 0 Å². The van der Waals surface area contributed by atoms with Crippen molar-refractivity contribution in [2.75, 3.05) is 6.54 Å². The minimum Gasteiger partial charge on any atom is -0.463 e. The molecule has 0 aliphatic carbocycles. The van der Waals surface area contributed by atoms with Crippen molar-refractivity contribution in [3.63, 3.8) is 0 Å². The second kappa shape index (κ2) is 8.41. The number of amides is 3. The number of carbonyl (C=O) groups excluding carboxylic acids is 2. The maximum atomic E-state index is 13.4. The van der Waals surface area contributed by atoms with Crippen molar-refractivity contribution in [3.8, 4) is 0 Å². The standard InChI is InChI=1S/C21H29N3O5/c1-5-14(4)17-19(25)22(11-15-9-7-6-8-10-15)12-16-23(17)20(26)18(13(2)3)29-24(16)21(27)28/h6-10,13-14,16-18H,5,11-12H2,1-4H3,(H,27,28)/t14-,16-,17-,18+/m0/s1. The van der Waals surface area contributed by atoms with E-state index >= 15 is 0 Å². The molecule has 2 aliphatic heterocycles. The van der Waals surface area contributed by atoms with E-state index in [9.17, 15) is 19.5 Å². The summed E-state index contributed by atoms with van der Waals surface area (Å²) in [5.41, 5.74) is 0.946. The summed E-state index contributed by atoms with van der Waals surface area (Å²) in [6.07, 6.45) is -2.38. The zero-order valence-electron chi connectivity index (χ0n) is 17.3. The third-order valence-electron chi connectivity index (χ3n) is 5.76. The lowest BCUT2D eigenvalue weighted by atomic mass is 9.91. The molecule has 2 aliphatic rings. The van der Waals surface area contributed by atoms with Crippen LogP contribution in [0.15, 0.2) is 30.3 Å². The second-order valence-corrected chi connectivity index (χ2v) is 8.14. The zero-order valence-corrected chi connectivity index (χ0v) is 17.3. The van der Waals surface area contributed by atoms with Crippen LogP contribution < -0.4 is 0 Å². The fraction of sp³-hybridized carbons (Fsp3) is 0.571. The number of rotatable bonds is 5. The van der Waals surface area contributed by atoms with Crippen LogP contribution in [0.4, 0.5) is 4.79 Å². The number of piperazine rings is 1. The summed E-state index contributed by atoms with van der Waals surface area (Å²) in [5, 5.41) is 10.6. The van der Waals surface area contributed by atoms with Gasteiger partial charge in [0, 0.05) is 6.54 Å². The number of nitrogens with zero attached hydrogens (tertiary/aromatic N) is 3. The van der Waals surface area contributed by atoms with Gasteiger partial charge in [-0.2, -0.15) is 5.06 Å². The van der Waals surface area contributed by atoms with Gasteiger partial charge in [0.1, 0.15) is 6.04 Å². The first kappa shape index (κ1) is 21.1. The van der Waals surface area contributed by atoms with Crippen molar-refractivity contribution in [3.05, 3.63) is 35.9 Å². The summed E-state index contributed by atoms with van der Waals surface area (Å²) >= 11 is 0.